The van der Waals surface area contributed by atoms with Crippen molar-refractivity contribution in [2.45, 2.75) is 12.8 Å². The number of benzene rings is 3. The lowest BCUT2D eigenvalue weighted by Crippen LogP contribution is -2.13. The number of phenols is 1. The van der Waals surface area contributed by atoms with Gasteiger partial charge in [0, 0.05) is 29.3 Å². The quantitative estimate of drug-likeness (QED) is 0.348. The van der Waals surface area contributed by atoms with Crippen LogP contribution in [0.4, 0.5) is 13.2 Å². The highest BCUT2D eigenvalue weighted by Crippen LogP contribution is 2.44. The van der Waals surface area contributed by atoms with Crippen LogP contribution in [0.1, 0.15) is 16.8 Å². The van der Waals surface area contributed by atoms with Crippen molar-refractivity contribution in [3.05, 3.63) is 88.6 Å². The van der Waals surface area contributed by atoms with Crippen LogP contribution >= 0.6 is 11.6 Å². The van der Waals surface area contributed by atoms with Gasteiger partial charge in [-0.2, -0.15) is 23.5 Å². The first-order valence-electron chi connectivity index (χ1n) is 10.0. The fraction of sp³-hybridized carbons (Fsp3) is 0.120. The van der Waals surface area contributed by atoms with Gasteiger partial charge in [0.25, 0.3) is 0 Å². The molecule has 34 heavy (non-hydrogen) atoms. The maximum atomic E-state index is 13.9. The molecule has 0 fully saturated rings. The zero-order chi connectivity index (χ0) is 24.5. The van der Waals surface area contributed by atoms with Gasteiger partial charge in [0.2, 0.25) is 0 Å². The van der Waals surface area contributed by atoms with E-state index in [0.29, 0.717) is 10.8 Å². The minimum atomic E-state index is -4.71. The van der Waals surface area contributed by atoms with Crippen LogP contribution in [0.3, 0.4) is 0 Å². The summed E-state index contributed by atoms with van der Waals surface area (Å²) >= 11 is 5.87. The minimum Gasteiger partial charge on any atom is -0.507 e. The molecular weight excluding hydrogens is 467 g/mol. The van der Waals surface area contributed by atoms with Gasteiger partial charge in [0.15, 0.2) is 5.69 Å². The largest absolute Gasteiger partial charge is 0.507 e. The molecule has 0 spiro atoms. The zero-order valence-corrected chi connectivity index (χ0v) is 18.5. The Hall–Kier alpha value is -3.96. The Kier molecular flexibility index (Phi) is 6.22. The van der Waals surface area contributed by atoms with Crippen LogP contribution in [0, 0.1) is 11.3 Å². The Morgan fingerprint density at radius 2 is 1.82 bits per heavy atom. The standard InChI is InChI=1S/C25H17ClF3N3O2/c1-32-24(25(27,28)29)22(17-4-2-3-16(11-17)13-30)23(31-32)20-10-9-19(12-21(20)33)34-14-15-5-7-18(26)8-6-15/h2-12,33H,14H2,1H3. The normalized spacial score (nSPS) is 11.3. The van der Waals surface area contributed by atoms with Crippen LogP contribution in [0.2, 0.25) is 5.02 Å². The molecule has 0 amide bonds. The van der Waals surface area contributed by atoms with Crippen molar-refractivity contribution in [2.24, 2.45) is 7.05 Å². The lowest BCUT2D eigenvalue weighted by Gasteiger charge is -2.12. The third-order valence-electron chi connectivity index (χ3n) is 5.14. The number of rotatable bonds is 5. The predicted octanol–water partition coefficient (Wildman–Crippen LogP) is 6.58. The van der Waals surface area contributed by atoms with Gasteiger partial charge in [0.1, 0.15) is 23.8 Å². The van der Waals surface area contributed by atoms with E-state index in [1.165, 1.54) is 43.4 Å². The smallest absolute Gasteiger partial charge is 0.433 e. The van der Waals surface area contributed by atoms with Crippen LogP contribution < -0.4 is 4.74 Å². The number of ether oxygens (including phenoxy) is 1. The van der Waals surface area contributed by atoms with Gasteiger partial charge in [-0.1, -0.05) is 35.9 Å². The van der Waals surface area contributed by atoms with Crippen LogP contribution in [0.15, 0.2) is 66.7 Å². The van der Waals surface area contributed by atoms with Crippen molar-refractivity contribution in [2.75, 3.05) is 0 Å². The number of nitrogens with zero attached hydrogens (tertiary/aromatic N) is 3. The summed E-state index contributed by atoms with van der Waals surface area (Å²) in [6, 6.07) is 19.1. The molecule has 0 aliphatic rings. The molecule has 0 aliphatic heterocycles. The van der Waals surface area contributed by atoms with Crippen molar-refractivity contribution in [3.8, 4) is 40.0 Å². The van der Waals surface area contributed by atoms with E-state index in [-0.39, 0.29) is 40.3 Å². The Morgan fingerprint density at radius 1 is 1.09 bits per heavy atom. The third-order valence-corrected chi connectivity index (χ3v) is 5.39. The zero-order valence-electron chi connectivity index (χ0n) is 17.8. The number of nitriles is 1. The molecule has 0 atom stereocenters. The van der Waals surface area contributed by atoms with Crippen molar-refractivity contribution < 1.29 is 23.0 Å². The average molecular weight is 484 g/mol. The number of aromatic nitrogens is 2. The summed E-state index contributed by atoms with van der Waals surface area (Å²) in [6.45, 7) is 0.212. The highest BCUT2D eigenvalue weighted by Gasteiger charge is 2.40. The number of aryl methyl sites for hydroxylation is 1. The summed E-state index contributed by atoms with van der Waals surface area (Å²) in [4.78, 5) is 0. The SMILES string of the molecule is Cn1nc(-c2ccc(OCc3ccc(Cl)cc3)cc2O)c(-c2cccc(C#N)c2)c1C(F)(F)F. The topological polar surface area (TPSA) is 71.1 Å². The first kappa shape index (κ1) is 23.2. The lowest BCUT2D eigenvalue weighted by atomic mass is 9.96. The molecule has 0 saturated heterocycles. The fourth-order valence-electron chi connectivity index (χ4n) is 3.60. The number of halogens is 4. The van der Waals surface area contributed by atoms with Gasteiger partial charge in [-0.05, 0) is 47.5 Å². The van der Waals surface area contributed by atoms with Crippen molar-refractivity contribution in [1.29, 1.82) is 5.26 Å². The van der Waals surface area contributed by atoms with Crippen LogP contribution in [-0.2, 0) is 19.8 Å². The second-order valence-electron chi connectivity index (χ2n) is 7.48. The van der Waals surface area contributed by atoms with Crippen LogP contribution in [0.5, 0.6) is 11.5 Å². The molecule has 0 radical (unpaired) electrons. The molecular formula is C25H17ClF3N3O2. The van der Waals surface area contributed by atoms with Crippen molar-refractivity contribution in [3.63, 3.8) is 0 Å². The summed E-state index contributed by atoms with van der Waals surface area (Å²) in [6.07, 6.45) is -4.71. The van der Waals surface area contributed by atoms with Gasteiger partial charge in [-0.15, -0.1) is 0 Å². The van der Waals surface area contributed by atoms with Crippen LogP contribution in [0.25, 0.3) is 22.4 Å². The predicted molar refractivity (Wildman–Crippen MR) is 121 cm³/mol. The average Bonchev–Trinajstić information content (AvgIpc) is 3.16. The highest BCUT2D eigenvalue weighted by atomic mass is 35.5. The molecule has 9 heteroatoms. The van der Waals surface area contributed by atoms with Gasteiger partial charge in [-0.3, -0.25) is 4.68 Å². The maximum absolute atomic E-state index is 13.9. The second kappa shape index (κ2) is 9.12. The Labute approximate surface area is 198 Å². The molecule has 3 aromatic carbocycles. The number of hydrogen-bond donors (Lipinski definition) is 1. The summed E-state index contributed by atoms with van der Waals surface area (Å²) in [7, 11) is 1.19. The molecule has 0 saturated carbocycles. The van der Waals surface area contributed by atoms with Gasteiger partial charge < -0.3 is 9.84 Å². The molecule has 4 aromatic rings. The summed E-state index contributed by atoms with van der Waals surface area (Å²) < 4.78 is 48.2. The van der Waals surface area contributed by atoms with Gasteiger partial charge in [-0.25, -0.2) is 0 Å². The van der Waals surface area contributed by atoms with E-state index in [2.05, 4.69) is 5.10 Å². The van der Waals surface area contributed by atoms with E-state index in [4.69, 9.17) is 16.3 Å². The number of phenolic OH excluding ortho intramolecular Hbond substituents is 1. The van der Waals surface area contributed by atoms with Crippen molar-refractivity contribution in [1.82, 2.24) is 9.78 Å². The van der Waals surface area contributed by atoms with Gasteiger partial charge in [0.05, 0.1) is 11.6 Å². The summed E-state index contributed by atoms with van der Waals surface area (Å²) in [5.74, 6) is 0.0364. The Balaban J connectivity index is 1.75. The van der Waals surface area contributed by atoms with E-state index >= 15 is 0 Å². The maximum Gasteiger partial charge on any atom is 0.433 e. The Morgan fingerprint density at radius 3 is 2.47 bits per heavy atom. The first-order chi connectivity index (χ1) is 16.2. The molecule has 0 aliphatic carbocycles. The van der Waals surface area contributed by atoms with E-state index in [0.717, 1.165) is 10.2 Å². The van der Waals surface area contributed by atoms with E-state index < -0.39 is 11.9 Å². The van der Waals surface area contributed by atoms with Crippen molar-refractivity contribution >= 4 is 11.6 Å². The summed E-state index contributed by atoms with van der Waals surface area (Å²) in [5.41, 5.74) is 0.0472. The van der Waals surface area contributed by atoms with Gasteiger partial charge >= 0.3 is 6.18 Å². The number of hydrogen-bond acceptors (Lipinski definition) is 4. The molecule has 1 N–H and O–H groups in total. The van der Waals surface area contributed by atoms with E-state index in [1.54, 1.807) is 30.3 Å². The molecule has 0 unspecified atom stereocenters. The number of alkyl halides is 3. The second-order valence-corrected chi connectivity index (χ2v) is 7.92. The Bertz CT molecular complexity index is 1390. The number of aromatic hydroxyl groups is 1. The van der Waals surface area contributed by atoms with E-state index in [1.807, 2.05) is 6.07 Å². The third kappa shape index (κ3) is 4.70. The molecule has 0 bridgehead atoms. The molecule has 1 heterocycles. The highest BCUT2D eigenvalue weighted by molar-refractivity contribution is 6.30. The monoisotopic (exact) mass is 483 g/mol. The minimum absolute atomic E-state index is 0.0633. The molecule has 1 aromatic heterocycles. The molecule has 172 valence electrons. The molecule has 4 rings (SSSR count). The fourth-order valence-corrected chi connectivity index (χ4v) is 3.73. The van der Waals surface area contributed by atoms with Crippen LogP contribution in [-0.4, -0.2) is 14.9 Å². The first-order valence-corrected chi connectivity index (χ1v) is 10.4. The summed E-state index contributed by atoms with van der Waals surface area (Å²) in [5, 5.41) is 24.5. The molecule has 5 nitrogen and oxygen atoms in total. The van der Waals surface area contributed by atoms with E-state index in [9.17, 15) is 23.5 Å². The lowest BCUT2D eigenvalue weighted by molar-refractivity contribution is -0.143.